The Balaban J connectivity index is 2.94. The minimum absolute atomic E-state index is 0.439. The number of rotatable bonds is 1. The van der Waals surface area contributed by atoms with Crippen molar-refractivity contribution in [3.05, 3.63) is 23.3 Å². The van der Waals surface area contributed by atoms with Crippen LogP contribution in [0.25, 0.3) is 0 Å². The molecule has 0 aliphatic carbocycles. The van der Waals surface area contributed by atoms with Crippen LogP contribution in [0, 0.1) is 0 Å². The second kappa shape index (κ2) is 4.07. The van der Waals surface area contributed by atoms with Gasteiger partial charge in [0.1, 0.15) is 0 Å². The first-order valence-electron chi connectivity index (χ1n) is 4.76. The molecule has 1 aliphatic heterocycles. The molecule has 74 valence electrons. The second-order valence-corrected chi connectivity index (χ2v) is 4.03. The first-order chi connectivity index (χ1) is 6.06. The van der Waals surface area contributed by atoms with Gasteiger partial charge in [0, 0.05) is 6.54 Å². The maximum atomic E-state index is 2.37. The van der Waals surface area contributed by atoms with Crippen LogP contribution in [0.1, 0.15) is 13.8 Å². The minimum Gasteiger partial charge on any atom is -0.290 e. The van der Waals surface area contributed by atoms with Crippen molar-refractivity contribution in [1.82, 2.24) is 9.80 Å². The molecule has 0 aromatic rings. The third-order valence-electron chi connectivity index (χ3n) is 2.45. The zero-order chi connectivity index (χ0) is 10.0. The van der Waals surface area contributed by atoms with Crippen molar-refractivity contribution >= 4 is 0 Å². The van der Waals surface area contributed by atoms with Gasteiger partial charge in [-0.15, -0.1) is 0 Å². The van der Waals surface area contributed by atoms with Crippen molar-refractivity contribution in [3.8, 4) is 0 Å². The molecule has 13 heavy (non-hydrogen) atoms. The molecule has 2 nitrogen and oxygen atoms in total. The molecule has 0 N–H and O–H groups in total. The van der Waals surface area contributed by atoms with Crippen LogP contribution >= 0.6 is 0 Å². The van der Waals surface area contributed by atoms with E-state index in [0.717, 1.165) is 6.54 Å². The van der Waals surface area contributed by atoms with E-state index in [1.54, 1.807) is 0 Å². The zero-order valence-corrected chi connectivity index (χ0v) is 9.33. The normalized spacial score (nSPS) is 28.3. The molecule has 0 amide bonds. The van der Waals surface area contributed by atoms with Crippen molar-refractivity contribution in [3.63, 3.8) is 0 Å². The summed E-state index contributed by atoms with van der Waals surface area (Å²) < 4.78 is 0. The molecule has 0 saturated carbocycles. The van der Waals surface area contributed by atoms with Crippen molar-refractivity contribution in [1.29, 1.82) is 0 Å². The van der Waals surface area contributed by atoms with Gasteiger partial charge < -0.3 is 0 Å². The molecule has 0 aromatic heterocycles. The molecule has 0 fully saturated rings. The monoisotopic (exact) mass is 180 g/mol. The van der Waals surface area contributed by atoms with Crippen LogP contribution < -0.4 is 0 Å². The highest BCUT2D eigenvalue weighted by molar-refractivity contribution is 5.31. The molecule has 1 unspecified atom stereocenters. The Morgan fingerprint density at radius 1 is 1.54 bits per heavy atom. The van der Waals surface area contributed by atoms with Gasteiger partial charge in [0.05, 0.1) is 6.17 Å². The SMILES string of the molecule is CC=C1C=C(C)CN(C)C1N(C)C. The van der Waals surface area contributed by atoms with Gasteiger partial charge in [0.15, 0.2) is 0 Å². The van der Waals surface area contributed by atoms with E-state index < -0.39 is 0 Å². The lowest BCUT2D eigenvalue weighted by Crippen LogP contribution is -2.46. The highest BCUT2D eigenvalue weighted by Crippen LogP contribution is 2.20. The quantitative estimate of drug-likeness (QED) is 0.606. The van der Waals surface area contributed by atoms with Gasteiger partial charge in [-0.25, -0.2) is 0 Å². The molecule has 0 aromatic carbocycles. The molecular formula is C11H20N2. The van der Waals surface area contributed by atoms with Gasteiger partial charge in [0.25, 0.3) is 0 Å². The van der Waals surface area contributed by atoms with Crippen LogP contribution in [0.2, 0.25) is 0 Å². The predicted octanol–water partition coefficient (Wildman–Crippen LogP) is 1.71. The molecule has 0 radical (unpaired) electrons. The Hall–Kier alpha value is -0.600. The third-order valence-corrected chi connectivity index (χ3v) is 2.45. The summed E-state index contributed by atoms with van der Waals surface area (Å²) in [6, 6.07) is 0. The lowest BCUT2D eigenvalue weighted by Gasteiger charge is -2.37. The maximum Gasteiger partial charge on any atom is 0.0878 e. The number of likely N-dealkylation sites (N-methyl/N-ethyl adjacent to an activating group) is 2. The number of allylic oxidation sites excluding steroid dienone is 1. The van der Waals surface area contributed by atoms with Gasteiger partial charge in [-0.2, -0.15) is 0 Å². The van der Waals surface area contributed by atoms with Crippen molar-refractivity contribution in [2.45, 2.75) is 20.0 Å². The first-order valence-corrected chi connectivity index (χ1v) is 4.76. The fourth-order valence-corrected chi connectivity index (χ4v) is 2.06. The zero-order valence-electron chi connectivity index (χ0n) is 9.33. The average Bonchev–Trinajstić information content (AvgIpc) is 2.01. The summed E-state index contributed by atoms with van der Waals surface area (Å²) in [6.07, 6.45) is 4.93. The van der Waals surface area contributed by atoms with Gasteiger partial charge in [0.2, 0.25) is 0 Å². The van der Waals surface area contributed by atoms with E-state index in [0.29, 0.717) is 6.17 Å². The van der Waals surface area contributed by atoms with Crippen LogP contribution in [0.15, 0.2) is 23.3 Å². The topological polar surface area (TPSA) is 6.48 Å². The molecule has 0 bridgehead atoms. The lowest BCUT2D eigenvalue weighted by atomic mass is 10.0. The Morgan fingerprint density at radius 3 is 2.62 bits per heavy atom. The number of hydrogen-bond donors (Lipinski definition) is 0. The van der Waals surface area contributed by atoms with Crippen LogP contribution in [0.4, 0.5) is 0 Å². The highest BCUT2D eigenvalue weighted by Gasteiger charge is 2.23. The number of nitrogens with zero attached hydrogens (tertiary/aromatic N) is 2. The Kier molecular flexibility index (Phi) is 3.28. The molecule has 0 saturated heterocycles. The molecule has 0 spiro atoms. The molecular weight excluding hydrogens is 160 g/mol. The van der Waals surface area contributed by atoms with Crippen molar-refractivity contribution in [2.75, 3.05) is 27.7 Å². The average molecular weight is 180 g/mol. The summed E-state index contributed by atoms with van der Waals surface area (Å²) in [5.74, 6) is 0. The number of hydrogen-bond acceptors (Lipinski definition) is 2. The van der Waals surface area contributed by atoms with Gasteiger partial charge >= 0.3 is 0 Å². The Labute approximate surface area is 81.5 Å². The summed E-state index contributed by atoms with van der Waals surface area (Å²) >= 11 is 0. The second-order valence-electron chi connectivity index (χ2n) is 4.03. The van der Waals surface area contributed by atoms with Crippen LogP contribution in [-0.4, -0.2) is 43.7 Å². The first kappa shape index (κ1) is 10.5. The standard InChI is InChI=1S/C11H20N2/c1-6-10-7-9(2)8-13(5)11(10)12(3)4/h6-7,11H,8H2,1-5H3. The molecule has 1 heterocycles. The van der Waals surface area contributed by atoms with Gasteiger partial charge in [-0.1, -0.05) is 17.7 Å². The summed E-state index contributed by atoms with van der Waals surface area (Å²) in [5, 5.41) is 0. The fraction of sp³-hybridized carbons (Fsp3) is 0.636. The van der Waals surface area contributed by atoms with Gasteiger partial charge in [-0.05, 0) is 40.6 Å². The van der Waals surface area contributed by atoms with Crippen molar-refractivity contribution in [2.24, 2.45) is 0 Å². The fourth-order valence-electron chi connectivity index (χ4n) is 2.06. The van der Waals surface area contributed by atoms with E-state index in [-0.39, 0.29) is 0 Å². The van der Waals surface area contributed by atoms with E-state index in [1.165, 1.54) is 11.1 Å². The van der Waals surface area contributed by atoms with E-state index >= 15 is 0 Å². The summed E-state index contributed by atoms with van der Waals surface area (Å²) in [6.45, 7) is 5.36. The summed E-state index contributed by atoms with van der Waals surface area (Å²) in [4.78, 5) is 4.61. The van der Waals surface area contributed by atoms with E-state index in [9.17, 15) is 0 Å². The van der Waals surface area contributed by atoms with E-state index in [2.05, 4.69) is 56.9 Å². The third kappa shape index (κ3) is 2.20. The van der Waals surface area contributed by atoms with Crippen molar-refractivity contribution < 1.29 is 0 Å². The van der Waals surface area contributed by atoms with E-state index in [4.69, 9.17) is 0 Å². The molecule has 1 aliphatic rings. The summed E-state index contributed by atoms with van der Waals surface area (Å²) in [5.41, 5.74) is 2.84. The minimum atomic E-state index is 0.439. The lowest BCUT2D eigenvalue weighted by molar-refractivity contribution is 0.141. The Bertz CT molecular complexity index is 238. The maximum absolute atomic E-state index is 2.37. The smallest absolute Gasteiger partial charge is 0.0878 e. The van der Waals surface area contributed by atoms with E-state index in [1.807, 2.05) is 0 Å². The van der Waals surface area contributed by atoms with Crippen LogP contribution in [0.3, 0.4) is 0 Å². The Morgan fingerprint density at radius 2 is 2.15 bits per heavy atom. The predicted molar refractivity (Wildman–Crippen MR) is 57.6 cm³/mol. The molecule has 1 atom stereocenters. The van der Waals surface area contributed by atoms with Gasteiger partial charge in [-0.3, -0.25) is 9.80 Å². The molecule has 2 heteroatoms. The highest BCUT2D eigenvalue weighted by atomic mass is 15.3. The molecule has 1 rings (SSSR count). The summed E-state index contributed by atoms with van der Waals surface area (Å²) in [7, 11) is 6.42. The largest absolute Gasteiger partial charge is 0.290 e. The van der Waals surface area contributed by atoms with Crippen LogP contribution in [0.5, 0.6) is 0 Å². The van der Waals surface area contributed by atoms with Crippen LogP contribution in [-0.2, 0) is 0 Å².